The number of phenols is 1. The first kappa shape index (κ1) is 15.7. The van der Waals surface area contributed by atoms with Gasteiger partial charge in [0.05, 0.1) is 11.8 Å². The number of phenolic OH excluding ortho intramolecular Hbond substituents is 1. The van der Waals surface area contributed by atoms with Crippen molar-refractivity contribution in [3.8, 4) is 5.75 Å². The van der Waals surface area contributed by atoms with Gasteiger partial charge in [0, 0.05) is 18.7 Å². The molecular formula is C14H18FN3O2S. The molecule has 114 valence electrons. The quantitative estimate of drug-likeness (QED) is 0.450. The Morgan fingerprint density at radius 1 is 1.57 bits per heavy atom. The van der Waals surface area contributed by atoms with Crippen LogP contribution in [0.2, 0.25) is 0 Å². The fourth-order valence-electron chi connectivity index (χ4n) is 2.04. The van der Waals surface area contributed by atoms with Crippen LogP contribution in [-0.2, 0) is 4.74 Å². The van der Waals surface area contributed by atoms with Gasteiger partial charge in [0.1, 0.15) is 11.6 Å². The highest BCUT2D eigenvalue weighted by Crippen LogP contribution is 2.18. The van der Waals surface area contributed by atoms with E-state index in [0.717, 1.165) is 19.4 Å². The maximum Gasteiger partial charge on any atom is 0.187 e. The molecule has 0 unspecified atom stereocenters. The van der Waals surface area contributed by atoms with Crippen LogP contribution in [0.15, 0.2) is 23.3 Å². The van der Waals surface area contributed by atoms with Gasteiger partial charge in [0.2, 0.25) is 0 Å². The average molecular weight is 311 g/mol. The van der Waals surface area contributed by atoms with Gasteiger partial charge < -0.3 is 15.2 Å². The van der Waals surface area contributed by atoms with Crippen molar-refractivity contribution in [2.75, 3.05) is 13.2 Å². The van der Waals surface area contributed by atoms with E-state index >= 15 is 0 Å². The van der Waals surface area contributed by atoms with Crippen molar-refractivity contribution in [3.05, 3.63) is 29.6 Å². The van der Waals surface area contributed by atoms with Gasteiger partial charge in [-0.05, 0) is 50.2 Å². The number of rotatable bonds is 4. The van der Waals surface area contributed by atoms with Crippen molar-refractivity contribution in [1.82, 2.24) is 10.7 Å². The summed E-state index contributed by atoms with van der Waals surface area (Å²) in [7, 11) is 0. The number of hydrogen-bond donors (Lipinski definition) is 3. The summed E-state index contributed by atoms with van der Waals surface area (Å²) in [5, 5.41) is 17.1. The number of aromatic hydroxyl groups is 1. The van der Waals surface area contributed by atoms with Crippen molar-refractivity contribution in [3.63, 3.8) is 0 Å². The van der Waals surface area contributed by atoms with Gasteiger partial charge in [-0.2, -0.15) is 5.10 Å². The molecule has 3 N–H and O–H groups in total. The molecule has 0 amide bonds. The Bertz CT molecular complexity index is 545. The minimum Gasteiger partial charge on any atom is -0.507 e. The van der Waals surface area contributed by atoms with Gasteiger partial charge in [-0.1, -0.05) is 0 Å². The van der Waals surface area contributed by atoms with Gasteiger partial charge in [0.25, 0.3) is 0 Å². The van der Waals surface area contributed by atoms with Crippen molar-refractivity contribution in [2.45, 2.75) is 25.9 Å². The zero-order valence-electron chi connectivity index (χ0n) is 11.7. The Labute approximate surface area is 128 Å². The Morgan fingerprint density at radius 2 is 2.38 bits per heavy atom. The first-order chi connectivity index (χ1) is 10.1. The van der Waals surface area contributed by atoms with E-state index < -0.39 is 5.82 Å². The number of nitrogens with zero attached hydrogens (tertiary/aromatic N) is 1. The van der Waals surface area contributed by atoms with E-state index in [1.54, 1.807) is 6.92 Å². The van der Waals surface area contributed by atoms with E-state index in [4.69, 9.17) is 17.0 Å². The lowest BCUT2D eigenvalue weighted by atomic mass is 10.1. The summed E-state index contributed by atoms with van der Waals surface area (Å²) in [4.78, 5) is 0. The second-order valence-electron chi connectivity index (χ2n) is 4.82. The lowest BCUT2D eigenvalue weighted by Crippen LogP contribution is -2.37. The fourth-order valence-corrected chi connectivity index (χ4v) is 2.17. The van der Waals surface area contributed by atoms with Crippen LogP contribution in [0, 0.1) is 5.82 Å². The van der Waals surface area contributed by atoms with Gasteiger partial charge in [0.15, 0.2) is 5.11 Å². The summed E-state index contributed by atoms with van der Waals surface area (Å²) in [5.41, 5.74) is 3.43. The Hall–Kier alpha value is -1.73. The van der Waals surface area contributed by atoms with Crippen LogP contribution >= 0.6 is 12.2 Å². The molecule has 2 rings (SSSR count). The number of ether oxygens (including phenoxy) is 1. The van der Waals surface area contributed by atoms with Crippen molar-refractivity contribution >= 4 is 23.0 Å². The van der Waals surface area contributed by atoms with E-state index in [2.05, 4.69) is 15.8 Å². The van der Waals surface area contributed by atoms with Crippen LogP contribution in [-0.4, -0.2) is 35.2 Å². The van der Waals surface area contributed by atoms with E-state index in [0.29, 0.717) is 22.9 Å². The van der Waals surface area contributed by atoms with Crippen molar-refractivity contribution in [1.29, 1.82) is 0 Å². The number of hydrazone groups is 1. The van der Waals surface area contributed by atoms with Crippen molar-refractivity contribution in [2.24, 2.45) is 5.10 Å². The molecule has 5 nitrogen and oxygen atoms in total. The number of halogens is 1. The predicted octanol–water partition coefficient (Wildman–Crippen LogP) is 1.90. The maximum atomic E-state index is 13.2. The van der Waals surface area contributed by atoms with Crippen LogP contribution in [0.3, 0.4) is 0 Å². The number of benzene rings is 1. The molecule has 0 spiro atoms. The molecule has 0 bridgehead atoms. The van der Waals surface area contributed by atoms with E-state index in [1.807, 2.05) is 0 Å². The Balaban J connectivity index is 1.87. The third-order valence-corrected chi connectivity index (χ3v) is 3.42. The second kappa shape index (κ2) is 7.33. The number of nitrogens with one attached hydrogen (secondary N) is 2. The van der Waals surface area contributed by atoms with Gasteiger partial charge >= 0.3 is 0 Å². The SMILES string of the molecule is C/C(=N\NC(=S)NC[C@H]1CCCO1)c1cc(F)ccc1O. The molecule has 1 aromatic carbocycles. The molecule has 1 atom stereocenters. The minimum atomic E-state index is -0.434. The zero-order valence-corrected chi connectivity index (χ0v) is 12.5. The predicted molar refractivity (Wildman–Crippen MR) is 83.0 cm³/mol. The van der Waals surface area contributed by atoms with Crippen LogP contribution in [0.5, 0.6) is 5.75 Å². The van der Waals surface area contributed by atoms with Crippen LogP contribution in [0.25, 0.3) is 0 Å². The maximum absolute atomic E-state index is 13.2. The highest BCUT2D eigenvalue weighted by molar-refractivity contribution is 7.80. The molecule has 7 heteroatoms. The molecule has 21 heavy (non-hydrogen) atoms. The molecule has 0 saturated carbocycles. The molecule has 1 aromatic rings. The molecule has 0 aromatic heterocycles. The number of thiocarbonyl (C=S) groups is 1. The van der Waals surface area contributed by atoms with Crippen LogP contribution < -0.4 is 10.7 Å². The molecule has 1 aliphatic heterocycles. The summed E-state index contributed by atoms with van der Waals surface area (Å²) in [6, 6.07) is 3.70. The monoisotopic (exact) mass is 311 g/mol. The molecule has 1 fully saturated rings. The second-order valence-corrected chi connectivity index (χ2v) is 5.22. The summed E-state index contributed by atoms with van der Waals surface area (Å²) < 4.78 is 18.6. The van der Waals surface area contributed by atoms with Gasteiger partial charge in [-0.3, -0.25) is 5.43 Å². The smallest absolute Gasteiger partial charge is 0.187 e. The highest BCUT2D eigenvalue weighted by Gasteiger charge is 2.15. The third-order valence-electron chi connectivity index (χ3n) is 3.19. The number of hydrogen-bond acceptors (Lipinski definition) is 4. The fraction of sp³-hybridized carbons (Fsp3) is 0.429. The third kappa shape index (κ3) is 4.64. The van der Waals surface area contributed by atoms with Crippen molar-refractivity contribution < 1.29 is 14.2 Å². The molecular weight excluding hydrogens is 293 g/mol. The molecule has 0 radical (unpaired) electrons. The molecule has 0 aliphatic carbocycles. The minimum absolute atomic E-state index is 0.0299. The van der Waals surface area contributed by atoms with E-state index in [9.17, 15) is 9.50 Å². The van der Waals surface area contributed by atoms with Crippen LogP contribution in [0.4, 0.5) is 4.39 Å². The first-order valence-electron chi connectivity index (χ1n) is 6.75. The lowest BCUT2D eigenvalue weighted by Gasteiger charge is -2.12. The Kier molecular flexibility index (Phi) is 5.46. The molecule has 1 aliphatic rings. The standard InChI is InChI=1S/C14H18FN3O2S/c1-9(12-7-10(15)4-5-13(12)19)17-18-14(21)16-8-11-3-2-6-20-11/h4-5,7,11,19H,2-3,6,8H2,1H3,(H2,16,18,21)/b17-9+/t11-/m1/s1. The summed E-state index contributed by atoms with van der Waals surface area (Å²) in [5.74, 6) is -0.464. The lowest BCUT2D eigenvalue weighted by molar-refractivity contribution is 0.114. The van der Waals surface area contributed by atoms with Crippen LogP contribution in [0.1, 0.15) is 25.3 Å². The largest absolute Gasteiger partial charge is 0.507 e. The summed E-state index contributed by atoms with van der Waals surface area (Å²) in [6.45, 7) is 3.08. The average Bonchev–Trinajstić information content (AvgIpc) is 2.98. The Morgan fingerprint density at radius 3 is 3.10 bits per heavy atom. The molecule has 1 saturated heterocycles. The van der Waals surface area contributed by atoms with E-state index in [1.165, 1.54) is 18.2 Å². The highest BCUT2D eigenvalue weighted by atomic mass is 32.1. The van der Waals surface area contributed by atoms with Gasteiger partial charge in [-0.25, -0.2) is 4.39 Å². The van der Waals surface area contributed by atoms with E-state index in [-0.39, 0.29) is 11.9 Å². The summed E-state index contributed by atoms with van der Waals surface area (Å²) >= 11 is 5.09. The first-order valence-corrected chi connectivity index (χ1v) is 7.15. The summed E-state index contributed by atoms with van der Waals surface area (Å²) in [6.07, 6.45) is 2.28. The molecule has 1 heterocycles. The topological polar surface area (TPSA) is 65.9 Å². The normalized spacial score (nSPS) is 18.6. The zero-order chi connectivity index (χ0) is 15.2. The van der Waals surface area contributed by atoms with Gasteiger partial charge in [-0.15, -0.1) is 0 Å².